The van der Waals surface area contributed by atoms with Gasteiger partial charge in [-0.25, -0.2) is 9.38 Å². The van der Waals surface area contributed by atoms with Gasteiger partial charge in [-0.15, -0.1) is 24.8 Å². The smallest absolute Gasteiger partial charge is 0.174 e. The van der Waals surface area contributed by atoms with Crippen molar-refractivity contribution in [1.82, 2.24) is 5.32 Å². The number of aliphatic imine (C=N–C) groups is 1. The van der Waals surface area contributed by atoms with Crippen molar-refractivity contribution in [3.05, 3.63) is 29.3 Å². The second-order valence-corrected chi connectivity index (χ2v) is 5.23. The van der Waals surface area contributed by atoms with Gasteiger partial charge in [0.2, 0.25) is 0 Å². The number of fused-ring (bicyclic) bond motifs is 3. The SMILES string of the molecule is CNCc1ccc2c(c1)N=C(N)C1(F)CCCC21.Cl.Cl. The third kappa shape index (κ3) is 2.52. The van der Waals surface area contributed by atoms with Crippen LogP contribution in [0.1, 0.15) is 36.3 Å². The molecule has 1 fully saturated rings. The molecule has 112 valence electrons. The number of rotatable bonds is 2. The van der Waals surface area contributed by atoms with Gasteiger partial charge in [0.15, 0.2) is 5.67 Å². The summed E-state index contributed by atoms with van der Waals surface area (Å²) < 4.78 is 14.8. The number of halogens is 3. The zero-order chi connectivity index (χ0) is 12.8. The molecule has 20 heavy (non-hydrogen) atoms. The van der Waals surface area contributed by atoms with E-state index in [1.54, 1.807) is 0 Å². The maximum atomic E-state index is 14.8. The third-order valence-electron chi connectivity index (χ3n) is 4.10. The summed E-state index contributed by atoms with van der Waals surface area (Å²) in [5.41, 5.74) is 7.46. The molecule has 2 unspecified atom stereocenters. The number of hydrogen-bond acceptors (Lipinski definition) is 3. The van der Waals surface area contributed by atoms with Gasteiger partial charge in [-0.2, -0.15) is 0 Å². The lowest BCUT2D eigenvalue weighted by atomic mass is 9.82. The maximum absolute atomic E-state index is 14.8. The number of nitrogens with two attached hydrogens (primary N) is 1. The van der Waals surface area contributed by atoms with Crippen LogP contribution < -0.4 is 11.1 Å². The van der Waals surface area contributed by atoms with Crippen LogP contribution in [0.25, 0.3) is 0 Å². The lowest BCUT2D eigenvalue weighted by Crippen LogP contribution is -2.43. The van der Waals surface area contributed by atoms with Gasteiger partial charge < -0.3 is 11.1 Å². The van der Waals surface area contributed by atoms with Crippen molar-refractivity contribution in [1.29, 1.82) is 0 Å². The van der Waals surface area contributed by atoms with E-state index in [2.05, 4.69) is 10.3 Å². The lowest BCUT2D eigenvalue weighted by molar-refractivity contribution is 0.232. The standard InChI is InChI=1S/C14H18FN3.2ClH/c1-17-8-9-4-5-10-11-3-2-6-14(11,15)13(16)18-12(10)7-9;;/h4-5,7,11,17H,2-3,6,8H2,1H3,(H2,16,18);2*1H. The molecule has 6 heteroatoms. The average Bonchev–Trinajstić information content (AvgIpc) is 2.74. The molecule has 0 aromatic heterocycles. The highest BCUT2D eigenvalue weighted by molar-refractivity contribution is 5.95. The molecule has 1 aliphatic carbocycles. The summed E-state index contributed by atoms with van der Waals surface area (Å²) in [6.45, 7) is 0.786. The normalized spacial score (nSPS) is 26.7. The molecule has 1 heterocycles. The molecule has 0 radical (unpaired) electrons. The Balaban J connectivity index is 0.000001000. The summed E-state index contributed by atoms with van der Waals surface area (Å²) in [4.78, 5) is 4.29. The molecule has 3 nitrogen and oxygen atoms in total. The van der Waals surface area contributed by atoms with Crippen molar-refractivity contribution in [2.45, 2.75) is 37.4 Å². The van der Waals surface area contributed by atoms with Gasteiger partial charge in [-0.3, -0.25) is 0 Å². The molecule has 1 saturated carbocycles. The Kier molecular flexibility index (Phi) is 5.41. The summed E-state index contributed by atoms with van der Waals surface area (Å²) in [5, 5.41) is 3.10. The van der Waals surface area contributed by atoms with E-state index in [-0.39, 0.29) is 36.6 Å². The number of hydrogen-bond donors (Lipinski definition) is 2. The first-order valence-electron chi connectivity index (χ1n) is 6.46. The monoisotopic (exact) mass is 319 g/mol. The Morgan fingerprint density at radius 1 is 1.45 bits per heavy atom. The summed E-state index contributed by atoms with van der Waals surface area (Å²) in [5.74, 6) is 0.0627. The van der Waals surface area contributed by atoms with E-state index in [1.165, 1.54) is 0 Å². The van der Waals surface area contributed by atoms with Crippen LogP contribution in [0.3, 0.4) is 0 Å². The zero-order valence-electron chi connectivity index (χ0n) is 11.4. The molecule has 1 aromatic carbocycles. The van der Waals surface area contributed by atoms with Crippen LogP contribution in [0.4, 0.5) is 10.1 Å². The Morgan fingerprint density at radius 2 is 2.20 bits per heavy atom. The fourth-order valence-electron chi connectivity index (χ4n) is 3.19. The number of alkyl halides is 1. The molecule has 3 N–H and O–H groups in total. The number of benzene rings is 1. The van der Waals surface area contributed by atoms with E-state index < -0.39 is 5.67 Å². The van der Waals surface area contributed by atoms with Gasteiger partial charge in [-0.05, 0) is 43.5 Å². The Hall–Kier alpha value is -0.840. The fraction of sp³-hybridized carbons (Fsp3) is 0.500. The molecule has 0 amide bonds. The third-order valence-corrected chi connectivity index (χ3v) is 4.10. The highest BCUT2D eigenvalue weighted by atomic mass is 35.5. The van der Waals surface area contributed by atoms with Crippen LogP contribution in [-0.2, 0) is 6.54 Å². The second kappa shape index (κ2) is 6.29. The minimum Gasteiger partial charge on any atom is -0.384 e. The van der Waals surface area contributed by atoms with Crippen LogP contribution in [0.15, 0.2) is 23.2 Å². The van der Waals surface area contributed by atoms with Crippen LogP contribution in [-0.4, -0.2) is 18.6 Å². The van der Waals surface area contributed by atoms with Gasteiger partial charge in [0.25, 0.3) is 0 Å². The first-order valence-corrected chi connectivity index (χ1v) is 6.46. The summed E-state index contributed by atoms with van der Waals surface area (Å²) in [7, 11) is 1.90. The van der Waals surface area contributed by atoms with E-state index >= 15 is 0 Å². The molecule has 2 aliphatic rings. The lowest BCUT2D eigenvalue weighted by Gasteiger charge is -2.32. The average molecular weight is 320 g/mol. The van der Waals surface area contributed by atoms with Crippen LogP contribution in [0.5, 0.6) is 0 Å². The maximum Gasteiger partial charge on any atom is 0.174 e. The van der Waals surface area contributed by atoms with E-state index in [0.717, 1.165) is 36.2 Å². The van der Waals surface area contributed by atoms with Crippen molar-refractivity contribution in [2.24, 2.45) is 10.7 Å². The van der Waals surface area contributed by atoms with Crippen molar-refractivity contribution in [2.75, 3.05) is 7.05 Å². The largest absolute Gasteiger partial charge is 0.384 e. The van der Waals surface area contributed by atoms with Crippen molar-refractivity contribution >= 4 is 36.3 Å². The van der Waals surface area contributed by atoms with Crippen molar-refractivity contribution < 1.29 is 4.39 Å². The zero-order valence-corrected chi connectivity index (χ0v) is 13.0. The molecular formula is C14H20Cl2FN3. The Morgan fingerprint density at radius 3 is 2.90 bits per heavy atom. The highest BCUT2D eigenvalue weighted by Crippen LogP contribution is 2.51. The first kappa shape index (κ1) is 17.2. The fourth-order valence-corrected chi connectivity index (χ4v) is 3.19. The molecule has 1 aliphatic heterocycles. The Labute approximate surface area is 131 Å². The van der Waals surface area contributed by atoms with Gasteiger partial charge in [0.1, 0.15) is 5.84 Å². The summed E-state index contributed by atoms with van der Waals surface area (Å²) >= 11 is 0. The van der Waals surface area contributed by atoms with E-state index in [1.807, 2.05) is 25.2 Å². The predicted molar refractivity (Wildman–Crippen MR) is 85.4 cm³/mol. The second-order valence-electron chi connectivity index (χ2n) is 5.23. The molecule has 0 bridgehead atoms. The minimum atomic E-state index is -1.41. The van der Waals surface area contributed by atoms with E-state index in [9.17, 15) is 4.39 Å². The van der Waals surface area contributed by atoms with Gasteiger partial charge in [0, 0.05) is 12.5 Å². The highest BCUT2D eigenvalue weighted by Gasteiger charge is 2.50. The van der Waals surface area contributed by atoms with Gasteiger partial charge in [-0.1, -0.05) is 12.1 Å². The molecular weight excluding hydrogens is 300 g/mol. The topological polar surface area (TPSA) is 50.4 Å². The van der Waals surface area contributed by atoms with Crippen LogP contribution in [0.2, 0.25) is 0 Å². The number of nitrogens with one attached hydrogen (secondary N) is 1. The number of amidine groups is 1. The minimum absolute atomic E-state index is 0. The predicted octanol–water partition coefficient (Wildman–Crippen LogP) is 3.23. The molecule has 2 atom stereocenters. The van der Waals surface area contributed by atoms with Crippen LogP contribution in [0, 0.1) is 0 Å². The van der Waals surface area contributed by atoms with Crippen molar-refractivity contribution in [3.63, 3.8) is 0 Å². The van der Waals surface area contributed by atoms with Gasteiger partial charge >= 0.3 is 0 Å². The molecule has 0 saturated heterocycles. The van der Waals surface area contributed by atoms with E-state index in [4.69, 9.17) is 5.73 Å². The Bertz CT molecular complexity index is 521. The quantitative estimate of drug-likeness (QED) is 0.879. The molecule has 1 aromatic rings. The summed E-state index contributed by atoms with van der Waals surface area (Å²) in [6.07, 6.45) is 2.25. The van der Waals surface area contributed by atoms with Crippen LogP contribution >= 0.6 is 24.8 Å². The van der Waals surface area contributed by atoms with Crippen molar-refractivity contribution in [3.8, 4) is 0 Å². The molecule has 0 spiro atoms. The van der Waals surface area contributed by atoms with Gasteiger partial charge in [0.05, 0.1) is 5.69 Å². The summed E-state index contributed by atoms with van der Waals surface area (Å²) in [6, 6.07) is 6.07. The van der Waals surface area contributed by atoms with E-state index in [0.29, 0.717) is 6.42 Å². The number of nitrogens with zero attached hydrogens (tertiary/aromatic N) is 1. The first-order chi connectivity index (χ1) is 8.65. The molecule has 3 rings (SSSR count).